The highest BCUT2D eigenvalue weighted by Gasteiger charge is 2.48. The minimum Gasteiger partial charge on any atom is -0.508 e. The van der Waals surface area contributed by atoms with Crippen molar-refractivity contribution in [2.45, 2.75) is 68.1 Å². The summed E-state index contributed by atoms with van der Waals surface area (Å²) in [6.07, 6.45) is -15.0. The van der Waals surface area contributed by atoms with Gasteiger partial charge in [0.05, 0.1) is 23.7 Å². The topological polar surface area (TPSA) is 220 Å². The molecular weight excluding hydrogens is 532 g/mol. The Labute approximate surface area is 226 Å². The van der Waals surface area contributed by atoms with Crippen LogP contribution in [-0.4, -0.2) is 103 Å². The zero-order valence-electron chi connectivity index (χ0n) is 21.1. The standard InChI is InChI=1S/C27H30O13/c1-10-19(31)21(33)24(36)27(38-10)37-9-17-20(32)22(34)23(35)26(40-17)18-14(29)7-6-13-15(30)8-16(39-25(13)18)11-2-4-12(28)5-3-11/h2-8,10,17,19-24,26-29,31-36H,9H2,1H3/t10-,17+,19-,20+,21+,22-,23+,24+,26-,27+/m0/s1. The first-order valence-electron chi connectivity index (χ1n) is 12.6. The lowest BCUT2D eigenvalue weighted by atomic mass is 9.90. The summed E-state index contributed by atoms with van der Waals surface area (Å²) in [4.78, 5) is 13.0. The van der Waals surface area contributed by atoms with Gasteiger partial charge in [-0.3, -0.25) is 4.79 Å². The van der Waals surface area contributed by atoms with Crippen molar-refractivity contribution < 1.29 is 59.5 Å². The van der Waals surface area contributed by atoms with Gasteiger partial charge < -0.3 is 59.5 Å². The van der Waals surface area contributed by atoms with Crippen LogP contribution >= 0.6 is 0 Å². The van der Waals surface area contributed by atoms with Crippen molar-refractivity contribution in [3.8, 4) is 22.8 Å². The van der Waals surface area contributed by atoms with Gasteiger partial charge in [0, 0.05) is 11.6 Å². The van der Waals surface area contributed by atoms with E-state index in [0.29, 0.717) is 5.56 Å². The molecule has 1 aromatic heterocycles. The molecule has 8 N–H and O–H groups in total. The number of rotatable bonds is 5. The third-order valence-corrected chi connectivity index (χ3v) is 7.29. The molecule has 2 aliphatic heterocycles. The normalized spacial score (nSPS) is 34.7. The zero-order chi connectivity index (χ0) is 28.9. The van der Waals surface area contributed by atoms with Gasteiger partial charge in [0.1, 0.15) is 71.7 Å². The summed E-state index contributed by atoms with van der Waals surface area (Å²) in [6.45, 7) is 0.953. The number of aliphatic hydroxyl groups is 6. The fraction of sp³-hybridized carbons (Fsp3) is 0.444. The SMILES string of the molecule is C[C@@H]1O[C@@H](OC[C@H]2O[C@@H](c3c(O)ccc4c(=O)cc(-c5ccc(O)cc5)oc34)[C@H](O)[C@@H](O)[C@@H]2O)[C@H](O)[C@H](O)[C@H]1O. The molecule has 2 fully saturated rings. The number of hydrogen-bond donors (Lipinski definition) is 8. The van der Waals surface area contributed by atoms with Crippen molar-refractivity contribution in [1.82, 2.24) is 0 Å². The van der Waals surface area contributed by atoms with E-state index in [0.717, 1.165) is 0 Å². The van der Waals surface area contributed by atoms with Crippen molar-refractivity contribution in [3.63, 3.8) is 0 Å². The first-order chi connectivity index (χ1) is 19.0. The molecule has 0 aliphatic carbocycles. The Morgan fingerprint density at radius 1 is 0.800 bits per heavy atom. The molecular formula is C27H30O13. The number of ether oxygens (including phenoxy) is 3. The van der Waals surface area contributed by atoms with Gasteiger partial charge >= 0.3 is 0 Å². The molecule has 13 heteroatoms. The molecule has 0 unspecified atom stereocenters. The van der Waals surface area contributed by atoms with Crippen LogP contribution in [0, 0.1) is 0 Å². The number of aliphatic hydroxyl groups excluding tert-OH is 6. The smallest absolute Gasteiger partial charge is 0.193 e. The number of aromatic hydroxyl groups is 2. The molecule has 2 saturated heterocycles. The largest absolute Gasteiger partial charge is 0.508 e. The molecule has 2 aliphatic rings. The Kier molecular flexibility index (Phi) is 7.85. The van der Waals surface area contributed by atoms with Crippen LogP contribution in [0.5, 0.6) is 11.5 Å². The van der Waals surface area contributed by atoms with Crippen LogP contribution in [0.15, 0.2) is 51.7 Å². The summed E-state index contributed by atoms with van der Waals surface area (Å²) in [5.41, 5.74) is -0.347. The fourth-order valence-electron chi connectivity index (χ4n) is 4.94. The average Bonchev–Trinajstić information content (AvgIpc) is 2.93. The molecule has 216 valence electrons. The van der Waals surface area contributed by atoms with Gasteiger partial charge in [-0.05, 0) is 43.3 Å². The summed E-state index contributed by atoms with van der Waals surface area (Å²) in [6, 6.07) is 9.57. The van der Waals surface area contributed by atoms with Gasteiger partial charge in [0.2, 0.25) is 0 Å². The summed E-state index contributed by atoms with van der Waals surface area (Å²) >= 11 is 0. The van der Waals surface area contributed by atoms with E-state index in [1.54, 1.807) is 0 Å². The van der Waals surface area contributed by atoms with E-state index >= 15 is 0 Å². The van der Waals surface area contributed by atoms with Gasteiger partial charge in [0.15, 0.2) is 11.7 Å². The lowest BCUT2D eigenvalue weighted by Crippen LogP contribution is -2.59. The second-order valence-corrected chi connectivity index (χ2v) is 9.98. The van der Waals surface area contributed by atoms with E-state index in [-0.39, 0.29) is 28.0 Å². The van der Waals surface area contributed by atoms with Gasteiger partial charge in [-0.15, -0.1) is 0 Å². The van der Waals surface area contributed by atoms with Crippen molar-refractivity contribution in [2.24, 2.45) is 0 Å². The Morgan fingerprint density at radius 3 is 2.17 bits per heavy atom. The van der Waals surface area contributed by atoms with Crippen LogP contribution in [0.3, 0.4) is 0 Å². The van der Waals surface area contributed by atoms with Crippen LogP contribution in [-0.2, 0) is 14.2 Å². The molecule has 3 aromatic rings. The molecule has 10 atom stereocenters. The average molecular weight is 563 g/mol. The third-order valence-electron chi connectivity index (χ3n) is 7.29. The fourth-order valence-corrected chi connectivity index (χ4v) is 4.94. The minimum absolute atomic E-state index is 0.00366. The molecule has 0 amide bonds. The highest BCUT2D eigenvalue weighted by Crippen LogP contribution is 2.41. The first kappa shape index (κ1) is 28.4. The predicted octanol–water partition coefficient (Wildman–Crippen LogP) is -0.762. The maximum Gasteiger partial charge on any atom is 0.193 e. The van der Waals surface area contributed by atoms with Gasteiger partial charge in [-0.1, -0.05) is 0 Å². The molecule has 2 aromatic carbocycles. The summed E-state index contributed by atoms with van der Waals surface area (Å²) < 4.78 is 22.7. The van der Waals surface area contributed by atoms with Crippen molar-refractivity contribution >= 4 is 11.0 Å². The maximum absolute atomic E-state index is 13.0. The lowest BCUT2D eigenvalue weighted by molar-refractivity contribution is -0.308. The van der Waals surface area contributed by atoms with E-state index < -0.39 is 79.0 Å². The maximum atomic E-state index is 13.0. The molecule has 0 saturated carbocycles. The molecule has 3 heterocycles. The minimum atomic E-state index is -1.79. The number of benzene rings is 2. The van der Waals surface area contributed by atoms with E-state index in [2.05, 4.69) is 0 Å². The van der Waals surface area contributed by atoms with E-state index in [1.165, 1.54) is 49.4 Å². The summed E-state index contributed by atoms with van der Waals surface area (Å²) in [5.74, 6) is -0.341. The van der Waals surface area contributed by atoms with Crippen LogP contribution < -0.4 is 5.43 Å². The second kappa shape index (κ2) is 11.0. The van der Waals surface area contributed by atoms with E-state index in [4.69, 9.17) is 18.6 Å². The molecule has 13 nitrogen and oxygen atoms in total. The lowest BCUT2D eigenvalue weighted by Gasteiger charge is -2.42. The number of phenolic OH excluding ortho intramolecular Hbond substituents is 2. The van der Waals surface area contributed by atoms with Crippen LogP contribution in [0.2, 0.25) is 0 Å². The Hall–Kier alpha value is -3.11. The van der Waals surface area contributed by atoms with E-state index in [9.17, 15) is 45.6 Å². The second-order valence-electron chi connectivity index (χ2n) is 9.98. The van der Waals surface area contributed by atoms with Crippen molar-refractivity contribution in [1.29, 1.82) is 0 Å². The monoisotopic (exact) mass is 562 g/mol. The zero-order valence-corrected chi connectivity index (χ0v) is 21.1. The highest BCUT2D eigenvalue weighted by atomic mass is 16.7. The van der Waals surface area contributed by atoms with Gasteiger partial charge in [-0.25, -0.2) is 0 Å². The van der Waals surface area contributed by atoms with Crippen LogP contribution in [0.25, 0.3) is 22.3 Å². The molecule has 0 radical (unpaired) electrons. The van der Waals surface area contributed by atoms with Gasteiger partial charge in [0.25, 0.3) is 0 Å². The number of phenols is 2. The molecule has 5 rings (SSSR count). The number of hydrogen-bond acceptors (Lipinski definition) is 13. The van der Waals surface area contributed by atoms with E-state index in [1.807, 2.05) is 0 Å². The Bertz CT molecular complexity index is 1410. The Balaban J connectivity index is 1.48. The van der Waals surface area contributed by atoms with Crippen molar-refractivity contribution in [2.75, 3.05) is 6.61 Å². The molecule has 40 heavy (non-hydrogen) atoms. The Morgan fingerprint density at radius 2 is 1.48 bits per heavy atom. The third kappa shape index (κ3) is 5.07. The van der Waals surface area contributed by atoms with Crippen molar-refractivity contribution in [3.05, 3.63) is 58.3 Å². The predicted molar refractivity (Wildman–Crippen MR) is 135 cm³/mol. The number of fused-ring (bicyclic) bond motifs is 1. The first-order valence-corrected chi connectivity index (χ1v) is 12.6. The van der Waals surface area contributed by atoms with Gasteiger partial charge in [-0.2, -0.15) is 0 Å². The van der Waals surface area contributed by atoms with Crippen LogP contribution in [0.4, 0.5) is 0 Å². The highest BCUT2D eigenvalue weighted by molar-refractivity contribution is 5.84. The summed E-state index contributed by atoms with van der Waals surface area (Å²) in [5, 5.41) is 82.6. The molecule has 0 bridgehead atoms. The van der Waals surface area contributed by atoms with Crippen LogP contribution in [0.1, 0.15) is 18.6 Å². The molecule has 0 spiro atoms. The quantitative estimate of drug-likeness (QED) is 0.192. The summed E-state index contributed by atoms with van der Waals surface area (Å²) in [7, 11) is 0.